The van der Waals surface area contributed by atoms with Crippen LogP contribution in [-0.2, 0) is 0 Å². The molecule has 18 heavy (non-hydrogen) atoms. The highest BCUT2D eigenvalue weighted by molar-refractivity contribution is 7.08. The van der Waals surface area contributed by atoms with E-state index in [4.69, 9.17) is 0 Å². The van der Waals surface area contributed by atoms with Gasteiger partial charge in [0.2, 0.25) is 0 Å². The minimum absolute atomic E-state index is 0.225. The first kappa shape index (κ1) is 12.4. The van der Waals surface area contributed by atoms with Gasteiger partial charge in [-0.1, -0.05) is 18.2 Å². The summed E-state index contributed by atoms with van der Waals surface area (Å²) in [5, 5.41) is 9.57. The van der Waals surface area contributed by atoms with Gasteiger partial charge in [0.1, 0.15) is 0 Å². The molecule has 0 atom stereocenters. The lowest BCUT2D eigenvalue weighted by atomic mass is 10.1. The number of hydrogen-bond donors (Lipinski definition) is 2. The van der Waals surface area contributed by atoms with Gasteiger partial charge in [-0.2, -0.15) is 11.3 Å². The van der Waals surface area contributed by atoms with Crippen LogP contribution in [0, 0.1) is 0 Å². The van der Waals surface area contributed by atoms with Crippen LogP contribution in [0.4, 0.5) is 10.5 Å². The Labute approximate surface area is 110 Å². The quantitative estimate of drug-likeness (QED) is 0.806. The van der Waals surface area contributed by atoms with Gasteiger partial charge in [-0.15, -0.1) is 6.58 Å². The van der Waals surface area contributed by atoms with E-state index in [1.165, 1.54) is 0 Å². The molecule has 1 aromatic carbocycles. The van der Waals surface area contributed by atoms with Crippen LogP contribution < -0.4 is 10.6 Å². The molecule has 0 saturated heterocycles. The van der Waals surface area contributed by atoms with Gasteiger partial charge in [0.05, 0.1) is 0 Å². The third-order valence-electron chi connectivity index (χ3n) is 2.38. The van der Waals surface area contributed by atoms with Gasteiger partial charge < -0.3 is 10.6 Å². The number of urea groups is 1. The van der Waals surface area contributed by atoms with Gasteiger partial charge in [-0.25, -0.2) is 4.79 Å². The Hall–Kier alpha value is -2.07. The predicted octanol–water partition coefficient (Wildman–Crippen LogP) is 3.72. The number of carbonyl (C=O) groups is 1. The van der Waals surface area contributed by atoms with E-state index in [0.29, 0.717) is 6.54 Å². The van der Waals surface area contributed by atoms with Gasteiger partial charge in [0, 0.05) is 12.2 Å². The molecule has 3 nitrogen and oxygen atoms in total. The molecule has 0 radical (unpaired) electrons. The standard InChI is InChI=1S/C14H14N2OS/c1-2-7-15-14(17)16-13-5-3-4-11(9-13)12-6-8-18-10-12/h2-6,8-10H,1,7H2,(H2,15,16,17). The van der Waals surface area contributed by atoms with Crippen LogP contribution >= 0.6 is 11.3 Å². The fourth-order valence-corrected chi connectivity index (χ4v) is 2.21. The number of carbonyl (C=O) groups excluding carboxylic acids is 1. The van der Waals surface area contributed by atoms with E-state index in [-0.39, 0.29) is 6.03 Å². The summed E-state index contributed by atoms with van der Waals surface area (Å²) < 4.78 is 0. The summed E-state index contributed by atoms with van der Waals surface area (Å²) in [5.41, 5.74) is 3.04. The van der Waals surface area contributed by atoms with Gasteiger partial charge >= 0.3 is 6.03 Å². The van der Waals surface area contributed by atoms with Gasteiger partial charge in [0.15, 0.2) is 0 Å². The summed E-state index contributed by atoms with van der Waals surface area (Å²) in [6.07, 6.45) is 1.64. The van der Waals surface area contributed by atoms with Crippen LogP contribution in [0.5, 0.6) is 0 Å². The minimum atomic E-state index is -0.225. The van der Waals surface area contributed by atoms with E-state index in [1.54, 1.807) is 17.4 Å². The van der Waals surface area contributed by atoms with Crippen molar-refractivity contribution in [3.8, 4) is 11.1 Å². The Morgan fingerprint density at radius 2 is 2.22 bits per heavy atom. The van der Waals surface area contributed by atoms with E-state index in [9.17, 15) is 4.79 Å². The Morgan fingerprint density at radius 1 is 1.33 bits per heavy atom. The van der Waals surface area contributed by atoms with Crippen LogP contribution in [0.2, 0.25) is 0 Å². The highest BCUT2D eigenvalue weighted by Gasteiger charge is 2.02. The molecule has 4 heteroatoms. The molecule has 0 aliphatic rings. The molecule has 2 aromatic rings. The Kier molecular flexibility index (Phi) is 4.15. The molecular weight excluding hydrogens is 244 g/mol. The molecular formula is C14H14N2OS. The molecule has 0 saturated carbocycles. The normalized spacial score (nSPS) is 9.78. The summed E-state index contributed by atoms with van der Waals surface area (Å²) >= 11 is 1.65. The van der Waals surface area contributed by atoms with E-state index < -0.39 is 0 Å². The molecule has 2 N–H and O–H groups in total. The molecule has 0 bridgehead atoms. The molecule has 1 heterocycles. The molecule has 2 amide bonds. The van der Waals surface area contributed by atoms with Crippen LogP contribution in [0.15, 0.2) is 53.7 Å². The van der Waals surface area contributed by atoms with E-state index >= 15 is 0 Å². The van der Waals surface area contributed by atoms with Crippen molar-refractivity contribution in [1.82, 2.24) is 5.32 Å². The zero-order valence-corrected chi connectivity index (χ0v) is 10.7. The first-order valence-corrected chi connectivity index (χ1v) is 6.52. The summed E-state index contributed by atoms with van der Waals surface area (Å²) in [4.78, 5) is 11.5. The smallest absolute Gasteiger partial charge is 0.319 e. The maximum Gasteiger partial charge on any atom is 0.319 e. The van der Waals surface area contributed by atoms with Crippen molar-refractivity contribution < 1.29 is 4.79 Å². The van der Waals surface area contributed by atoms with Crippen molar-refractivity contribution in [2.75, 3.05) is 11.9 Å². The van der Waals surface area contributed by atoms with Gasteiger partial charge in [0.25, 0.3) is 0 Å². The second-order valence-electron chi connectivity index (χ2n) is 3.72. The lowest BCUT2D eigenvalue weighted by Gasteiger charge is -2.07. The van der Waals surface area contributed by atoms with Crippen molar-refractivity contribution >= 4 is 23.1 Å². The minimum Gasteiger partial charge on any atom is -0.334 e. The first-order chi connectivity index (χ1) is 8.79. The summed E-state index contributed by atoms with van der Waals surface area (Å²) in [7, 11) is 0. The lowest BCUT2D eigenvalue weighted by Crippen LogP contribution is -2.28. The average Bonchev–Trinajstić information content (AvgIpc) is 2.90. The second kappa shape index (κ2) is 6.02. The van der Waals surface area contributed by atoms with Crippen LogP contribution in [0.1, 0.15) is 0 Å². The Balaban J connectivity index is 2.08. The molecule has 2 rings (SSSR count). The van der Waals surface area contributed by atoms with E-state index in [2.05, 4.69) is 28.7 Å². The van der Waals surface area contributed by atoms with Crippen molar-refractivity contribution in [2.45, 2.75) is 0 Å². The molecule has 0 aliphatic heterocycles. The summed E-state index contributed by atoms with van der Waals surface area (Å²) in [6, 6.07) is 9.60. The fourth-order valence-electron chi connectivity index (χ4n) is 1.55. The zero-order chi connectivity index (χ0) is 12.8. The number of nitrogens with one attached hydrogen (secondary N) is 2. The van der Waals surface area contributed by atoms with Gasteiger partial charge in [-0.3, -0.25) is 0 Å². The molecule has 92 valence electrons. The molecule has 0 unspecified atom stereocenters. The van der Waals surface area contributed by atoms with Crippen LogP contribution in [0.25, 0.3) is 11.1 Å². The number of benzene rings is 1. The number of rotatable bonds is 4. The number of amides is 2. The zero-order valence-electron chi connectivity index (χ0n) is 9.85. The highest BCUT2D eigenvalue weighted by atomic mass is 32.1. The number of hydrogen-bond acceptors (Lipinski definition) is 2. The molecule has 0 fully saturated rings. The highest BCUT2D eigenvalue weighted by Crippen LogP contribution is 2.24. The van der Waals surface area contributed by atoms with Crippen molar-refractivity contribution in [2.24, 2.45) is 0 Å². The van der Waals surface area contributed by atoms with Crippen molar-refractivity contribution in [3.63, 3.8) is 0 Å². The number of thiophene rings is 1. The Bertz CT molecular complexity index is 534. The molecule has 0 aliphatic carbocycles. The SMILES string of the molecule is C=CCNC(=O)Nc1cccc(-c2ccsc2)c1. The van der Waals surface area contributed by atoms with Crippen LogP contribution in [-0.4, -0.2) is 12.6 Å². The number of anilines is 1. The predicted molar refractivity (Wildman–Crippen MR) is 77.0 cm³/mol. The molecule has 1 aromatic heterocycles. The maximum absolute atomic E-state index is 11.5. The topological polar surface area (TPSA) is 41.1 Å². The average molecular weight is 258 g/mol. The monoisotopic (exact) mass is 258 g/mol. The largest absolute Gasteiger partial charge is 0.334 e. The summed E-state index contributed by atoms with van der Waals surface area (Å²) in [5.74, 6) is 0. The summed E-state index contributed by atoms with van der Waals surface area (Å²) in [6.45, 7) is 4.00. The van der Waals surface area contributed by atoms with Gasteiger partial charge in [-0.05, 0) is 40.1 Å². The van der Waals surface area contributed by atoms with E-state index in [1.807, 2.05) is 29.6 Å². The second-order valence-corrected chi connectivity index (χ2v) is 4.50. The fraction of sp³-hybridized carbons (Fsp3) is 0.0714. The van der Waals surface area contributed by atoms with Crippen LogP contribution in [0.3, 0.4) is 0 Å². The lowest BCUT2D eigenvalue weighted by molar-refractivity contribution is 0.253. The van der Waals surface area contributed by atoms with Crippen molar-refractivity contribution in [1.29, 1.82) is 0 Å². The third-order valence-corrected chi connectivity index (χ3v) is 3.07. The van der Waals surface area contributed by atoms with E-state index in [0.717, 1.165) is 16.8 Å². The third kappa shape index (κ3) is 3.21. The Morgan fingerprint density at radius 3 is 2.94 bits per heavy atom. The molecule has 0 spiro atoms. The maximum atomic E-state index is 11.5. The van der Waals surface area contributed by atoms with Crippen molar-refractivity contribution in [3.05, 3.63) is 53.7 Å². The first-order valence-electron chi connectivity index (χ1n) is 5.58.